The van der Waals surface area contributed by atoms with E-state index in [2.05, 4.69) is 52.0 Å². The average Bonchev–Trinajstić information content (AvgIpc) is 2.20. The zero-order valence-electron chi connectivity index (χ0n) is 12.6. The molecule has 0 fully saturated rings. The van der Waals surface area contributed by atoms with Gasteiger partial charge in [-0.25, -0.2) is 0 Å². The van der Waals surface area contributed by atoms with Crippen LogP contribution in [0.4, 0.5) is 0 Å². The molecule has 1 N–H and O–H groups in total. The summed E-state index contributed by atoms with van der Waals surface area (Å²) >= 11 is 0. The van der Waals surface area contributed by atoms with Gasteiger partial charge < -0.3 is 15.0 Å². The highest BCUT2D eigenvalue weighted by Gasteiger charge is 2.13. The number of rotatable bonds is 10. The van der Waals surface area contributed by atoms with Crippen molar-refractivity contribution in [3.8, 4) is 0 Å². The molecule has 104 valence electrons. The Morgan fingerprint density at radius 3 is 2.18 bits per heavy atom. The van der Waals surface area contributed by atoms with E-state index in [1.807, 2.05) is 0 Å². The normalized spacial score (nSPS) is 13.9. The molecule has 0 aliphatic heterocycles. The van der Waals surface area contributed by atoms with Gasteiger partial charge in [0.2, 0.25) is 0 Å². The Labute approximate surface area is 108 Å². The number of hydrogen-bond donors (Lipinski definition) is 1. The molecule has 0 aliphatic carbocycles. The van der Waals surface area contributed by atoms with Crippen LogP contribution in [-0.2, 0) is 4.74 Å². The van der Waals surface area contributed by atoms with Gasteiger partial charge in [0.15, 0.2) is 0 Å². The van der Waals surface area contributed by atoms with Crippen molar-refractivity contribution in [1.82, 2.24) is 10.2 Å². The van der Waals surface area contributed by atoms with E-state index in [-0.39, 0.29) is 0 Å². The first kappa shape index (κ1) is 16.9. The van der Waals surface area contributed by atoms with Gasteiger partial charge in [-0.3, -0.25) is 0 Å². The molecule has 0 aromatic heterocycles. The molecule has 0 saturated carbocycles. The van der Waals surface area contributed by atoms with E-state index in [0.29, 0.717) is 17.9 Å². The van der Waals surface area contributed by atoms with Crippen molar-refractivity contribution < 1.29 is 4.74 Å². The number of nitrogens with one attached hydrogen (secondary N) is 1. The lowest BCUT2D eigenvalue weighted by Gasteiger charge is -2.23. The maximum atomic E-state index is 5.95. The largest absolute Gasteiger partial charge is 0.377 e. The van der Waals surface area contributed by atoms with Crippen LogP contribution in [0.3, 0.4) is 0 Å². The molecule has 0 aromatic carbocycles. The second-order valence-electron chi connectivity index (χ2n) is 5.86. The van der Waals surface area contributed by atoms with Crippen LogP contribution in [0, 0.1) is 11.8 Å². The number of ether oxygens (including phenoxy) is 1. The second-order valence-corrected chi connectivity index (χ2v) is 5.86. The third-order valence-electron chi connectivity index (χ3n) is 2.72. The molecule has 3 nitrogen and oxygen atoms in total. The van der Waals surface area contributed by atoms with Crippen molar-refractivity contribution in [2.45, 2.75) is 40.2 Å². The minimum atomic E-state index is 0.343. The van der Waals surface area contributed by atoms with Crippen molar-refractivity contribution in [3.05, 3.63) is 0 Å². The van der Waals surface area contributed by atoms with Crippen LogP contribution in [0.5, 0.6) is 0 Å². The summed E-state index contributed by atoms with van der Waals surface area (Å²) in [4.78, 5) is 2.20. The van der Waals surface area contributed by atoms with Crippen molar-refractivity contribution >= 4 is 0 Å². The molecule has 0 heterocycles. The number of hydrogen-bond acceptors (Lipinski definition) is 3. The lowest BCUT2D eigenvalue weighted by atomic mass is 10.1. The average molecular weight is 244 g/mol. The molecule has 0 radical (unpaired) electrons. The van der Waals surface area contributed by atoms with Crippen LogP contribution in [0.15, 0.2) is 0 Å². The third kappa shape index (κ3) is 10.7. The quantitative estimate of drug-likeness (QED) is 0.596. The summed E-state index contributed by atoms with van der Waals surface area (Å²) in [7, 11) is 4.20. The first-order valence-electron chi connectivity index (χ1n) is 6.90. The predicted octanol–water partition coefficient (Wildman–Crippen LogP) is 2.22. The van der Waals surface area contributed by atoms with Gasteiger partial charge in [-0.15, -0.1) is 0 Å². The minimum absolute atomic E-state index is 0.343. The molecule has 1 unspecified atom stereocenters. The summed E-state index contributed by atoms with van der Waals surface area (Å²) in [6.07, 6.45) is 1.45. The number of nitrogens with zero attached hydrogens (tertiary/aromatic N) is 1. The van der Waals surface area contributed by atoms with E-state index in [4.69, 9.17) is 4.74 Å². The van der Waals surface area contributed by atoms with Crippen LogP contribution < -0.4 is 5.32 Å². The van der Waals surface area contributed by atoms with E-state index in [1.54, 1.807) is 0 Å². The fourth-order valence-corrected chi connectivity index (χ4v) is 1.62. The Morgan fingerprint density at radius 1 is 1.06 bits per heavy atom. The maximum Gasteiger partial charge on any atom is 0.0722 e. The maximum absolute atomic E-state index is 5.95. The molecule has 0 rings (SSSR count). The van der Waals surface area contributed by atoms with Gasteiger partial charge in [0.1, 0.15) is 0 Å². The lowest BCUT2D eigenvalue weighted by Crippen LogP contribution is -2.35. The van der Waals surface area contributed by atoms with E-state index < -0.39 is 0 Å². The zero-order valence-corrected chi connectivity index (χ0v) is 12.6. The highest BCUT2D eigenvalue weighted by atomic mass is 16.5. The van der Waals surface area contributed by atoms with Crippen molar-refractivity contribution in [3.63, 3.8) is 0 Å². The van der Waals surface area contributed by atoms with Crippen molar-refractivity contribution in [2.24, 2.45) is 11.8 Å². The van der Waals surface area contributed by atoms with Gasteiger partial charge in [-0.1, -0.05) is 27.7 Å². The molecule has 0 saturated heterocycles. The van der Waals surface area contributed by atoms with Crippen LogP contribution in [0.1, 0.15) is 34.1 Å². The molecule has 0 bridgehead atoms. The van der Waals surface area contributed by atoms with Crippen LogP contribution in [0.2, 0.25) is 0 Å². The molecule has 0 spiro atoms. The zero-order chi connectivity index (χ0) is 13.3. The van der Waals surface area contributed by atoms with Gasteiger partial charge in [-0.2, -0.15) is 0 Å². The lowest BCUT2D eigenvalue weighted by molar-refractivity contribution is 0.0192. The van der Waals surface area contributed by atoms with E-state index in [0.717, 1.165) is 32.7 Å². The fourth-order valence-electron chi connectivity index (χ4n) is 1.62. The molecular weight excluding hydrogens is 212 g/mol. The second kappa shape index (κ2) is 9.86. The van der Waals surface area contributed by atoms with Crippen molar-refractivity contribution in [1.29, 1.82) is 0 Å². The Hall–Kier alpha value is -0.120. The fraction of sp³-hybridized carbons (Fsp3) is 1.00. The molecule has 0 aliphatic rings. The molecule has 0 amide bonds. The molecule has 0 aromatic rings. The Bertz CT molecular complexity index is 170. The van der Waals surface area contributed by atoms with Crippen LogP contribution in [-0.4, -0.2) is 51.3 Å². The standard InChI is InChI=1S/C14H32N2O/c1-12(2)10-15-11-14(13(3)4)17-9-7-8-16(5)6/h12-15H,7-11H2,1-6H3. The van der Waals surface area contributed by atoms with Gasteiger partial charge in [-0.05, 0) is 45.4 Å². The Balaban J connectivity index is 3.67. The highest BCUT2D eigenvalue weighted by molar-refractivity contribution is 4.66. The molecule has 1 atom stereocenters. The summed E-state index contributed by atoms with van der Waals surface area (Å²) < 4.78 is 5.95. The van der Waals surface area contributed by atoms with E-state index >= 15 is 0 Å². The molecular formula is C14H32N2O. The van der Waals surface area contributed by atoms with Gasteiger partial charge in [0.05, 0.1) is 6.10 Å². The predicted molar refractivity (Wildman–Crippen MR) is 75.5 cm³/mol. The first-order valence-corrected chi connectivity index (χ1v) is 6.90. The molecule has 17 heavy (non-hydrogen) atoms. The first-order chi connectivity index (χ1) is 7.93. The third-order valence-corrected chi connectivity index (χ3v) is 2.72. The van der Waals surface area contributed by atoms with E-state index in [9.17, 15) is 0 Å². The van der Waals surface area contributed by atoms with Gasteiger partial charge in [0, 0.05) is 13.2 Å². The van der Waals surface area contributed by atoms with Crippen LogP contribution >= 0.6 is 0 Å². The molecule has 3 heteroatoms. The van der Waals surface area contributed by atoms with Gasteiger partial charge in [0.25, 0.3) is 0 Å². The summed E-state index contributed by atoms with van der Waals surface area (Å²) in [5.74, 6) is 1.28. The Kier molecular flexibility index (Phi) is 9.79. The van der Waals surface area contributed by atoms with E-state index in [1.165, 1.54) is 0 Å². The smallest absolute Gasteiger partial charge is 0.0722 e. The van der Waals surface area contributed by atoms with Crippen LogP contribution in [0.25, 0.3) is 0 Å². The van der Waals surface area contributed by atoms with Crippen molar-refractivity contribution in [2.75, 3.05) is 40.3 Å². The minimum Gasteiger partial charge on any atom is -0.377 e. The SMILES string of the molecule is CC(C)CNCC(OCCCN(C)C)C(C)C. The monoisotopic (exact) mass is 244 g/mol. The summed E-state index contributed by atoms with van der Waals surface area (Å²) in [5.41, 5.74) is 0. The summed E-state index contributed by atoms with van der Waals surface area (Å²) in [5, 5.41) is 3.48. The Morgan fingerprint density at radius 2 is 1.71 bits per heavy atom. The van der Waals surface area contributed by atoms with Gasteiger partial charge >= 0.3 is 0 Å². The highest BCUT2D eigenvalue weighted by Crippen LogP contribution is 2.06. The summed E-state index contributed by atoms with van der Waals surface area (Å²) in [6, 6.07) is 0. The topological polar surface area (TPSA) is 24.5 Å². The summed E-state index contributed by atoms with van der Waals surface area (Å²) in [6.45, 7) is 12.9.